The van der Waals surface area contributed by atoms with Gasteiger partial charge in [0, 0.05) is 12.1 Å². The minimum absolute atomic E-state index is 0.467. The lowest BCUT2D eigenvalue weighted by Crippen LogP contribution is -2.20. The summed E-state index contributed by atoms with van der Waals surface area (Å²) in [4.78, 5) is 4.46. The number of nitrogens with one attached hydrogen (secondary N) is 1. The first kappa shape index (κ1) is 13.5. The summed E-state index contributed by atoms with van der Waals surface area (Å²) in [5.41, 5.74) is 2.03. The molecule has 1 heterocycles. The van der Waals surface area contributed by atoms with Crippen molar-refractivity contribution in [2.24, 2.45) is 4.99 Å². The van der Waals surface area contributed by atoms with Gasteiger partial charge in [0.2, 0.25) is 0 Å². The van der Waals surface area contributed by atoms with Crippen molar-refractivity contribution in [3.63, 3.8) is 0 Å². The summed E-state index contributed by atoms with van der Waals surface area (Å²) in [5.74, 6) is 2.58. The van der Waals surface area contributed by atoms with Gasteiger partial charge >= 0.3 is 0 Å². The highest BCUT2D eigenvalue weighted by Gasteiger charge is 2.13. The standard InChI is InChI=1S/C17H18N2O2/c1-20-15-8-4-2-6-13(15)12-21-16-9-5-3-7-14(16)17-18-10-11-19-17/h2-9H,10-12H2,1H3,(H,18,19). The number of aliphatic imine (C=N–C) groups is 1. The van der Waals surface area contributed by atoms with Crippen LogP contribution in [-0.4, -0.2) is 26.0 Å². The molecule has 0 fully saturated rings. The summed E-state index contributed by atoms with van der Waals surface area (Å²) in [6, 6.07) is 15.8. The molecule has 4 nitrogen and oxygen atoms in total. The first-order chi connectivity index (χ1) is 10.4. The van der Waals surface area contributed by atoms with Crippen LogP contribution < -0.4 is 14.8 Å². The fourth-order valence-electron chi connectivity index (χ4n) is 2.34. The molecule has 0 radical (unpaired) electrons. The maximum Gasteiger partial charge on any atom is 0.132 e. The van der Waals surface area contributed by atoms with Crippen LogP contribution in [0.15, 0.2) is 53.5 Å². The number of benzene rings is 2. The van der Waals surface area contributed by atoms with Crippen molar-refractivity contribution in [1.82, 2.24) is 5.32 Å². The van der Waals surface area contributed by atoms with E-state index in [4.69, 9.17) is 9.47 Å². The summed E-state index contributed by atoms with van der Waals surface area (Å²) in [7, 11) is 1.67. The average molecular weight is 282 g/mol. The molecule has 0 aliphatic carbocycles. The number of para-hydroxylation sites is 2. The Labute approximate surface area is 124 Å². The molecule has 0 spiro atoms. The Kier molecular flexibility index (Phi) is 4.05. The quantitative estimate of drug-likeness (QED) is 0.916. The Morgan fingerprint density at radius 2 is 1.81 bits per heavy atom. The highest BCUT2D eigenvalue weighted by atomic mass is 16.5. The van der Waals surface area contributed by atoms with Crippen LogP contribution in [-0.2, 0) is 6.61 Å². The highest BCUT2D eigenvalue weighted by Crippen LogP contribution is 2.23. The summed E-state index contributed by atoms with van der Waals surface area (Å²) in [6.07, 6.45) is 0. The summed E-state index contributed by atoms with van der Waals surface area (Å²) in [5, 5.41) is 3.28. The molecule has 2 aromatic rings. The predicted octanol–water partition coefficient (Wildman–Crippen LogP) is 2.62. The van der Waals surface area contributed by atoms with Gasteiger partial charge in [0.1, 0.15) is 23.9 Å². The van der Waals surface area contributed by atoms with Crippen LogP contribution in [0.5, 0.6) is 11.5 Å². The number of ether oxygens (including phenoxy) is 2. The first-order valence-electron chi connectivity index (χ1n) is 7.01. The summed E-state index contributed by atoms with van der Waals surface area (Å²) < 4.78 is 11.3. The number of rotatable bonds is 5. The topological polar surface area (TPSA) is 42.9 Å². The molecule has 21 heavy (non-hydrogen) atoms. The van der Waals surface area contributed by atoms with Gasteiger partial charge in [-0.25, -0.2) is 0 Å². The van der Waals surface area contributed by atoms with Crippen LogP contribution in [0, 0.1) is 0 Å². The monoisotopic (exact) mass is 282 g/mol. The van der Waals surface area contributed by atoms with E-state index in [0.29, 0.717) is 6.61 Å². The van der Waals surface area contributed by atoms with E-state index in [1.54, 1.807) is 7.11 Å². The molecule has 2 aromatic carbocycles. The summed E-state index contributed by atoms with van der Waals surface area (Å²) >= 11 is 0. The van der Waals surface area contributed by atoms with Crippen molar-refractivity contribution in [3.05, 3.63) is 59.7 Å². The molecule has 0 atom stereocenters. The SMILES string of the molecule is COc1ccccc1COc1ccccc1C1=NCCN1. The van der Waals surface area contributed by atoms with Crippen molar-refractivity contribution in [2.75, 3.05) is 20.2 Å². The number of nitrogens with zero attached hydrogens (tertiary/aromatic N) is 1. The van der Waals surface area contributed by atoms with Crippen LogP contribution in [0.1, 0.15) is 11.1 Å². The van der Waals surface area contributed by atoms with E-state index >= 15 is 0 Å². The van der Waals surface area contributed by atoms with Gasteiger partial charge in [-0.1, -0.05) is 30.3 Å². The van der Waals surface area contributed by atoms with Crippen molar-refractivity contribution in [2.45, 2.75) is 6.61 Å². The van der Waals surface area contributed by atoms with Crippen molar-refractivity contribution < 1.29 is 9.47 Å². The molecule has 3 rings (SSSR count). The molecule has 0 saturated carbocycles. The Balaban J connectivity index is 1.79. The fourth-order valence-corrected chi connectivity index (χ4v) is 2.34. The zero-order valence-corrected chi connectivity index (χ0v) is 12.0. The van der Waals surface area contributed by atoms with Crippen molar-refractivity contribution in [1.29, 1.82) is 0 Å². The Morgan fingerprint density at radius 1 is 1.05 bits per heavy atom. The first-order valence-corrected chi connectivity index (χ1v) is 7.01. The second-order valence-electron chi connectivity index (χ2n) is 4.75. The maximum atomic E-state index is 5.98. The van der Waals surface area contributed by atoms with E-state index in [0.717, 1.165) is 41.6 Å². The third-order valence-electron chi connectivity index (χ3n) is 3.39. The molecule has 1 N–H and O–H groups in total. The highest BCUT2D eigenvalue weighted by molar-refractivity contribution is 6.02. The molecule has 0 bridgehead atoms. The molecular formula is C17H18N2O2. The molecule has 0 aromatic heterocycles. The van der Waals surface area contributed by atoms with Crippen LogP contribution >= 0.6 is 0 Å². The zero-order valence-electron chi connectivity index (χ0n) is 12.0. The van der Waals surface area contributed by atoms with Crippen molar-refractivity contribution in [3.8, 4) is 11.5 Å². The molecule has 1 aliphatic heterocycles. The third-order valence-corrected chi connectivity index (χ3v) is 3.39. The van der Waals surface area contributed by atoms with Gasteiger partial charge in [-0.15, -0.1) is 0 Å². The van der Waals surface area contributed by atoms with E-state index in [-0.39, 0.29) is 0 Å². The van der Waals surface area contributed by atoms with E-state index in [1.165, 1.54) is 0 Å². The normalized spacial score (nSPS) is 13.5. The molecule has 108 valence electrons. The molecule has 0 saturated heterocycles. The number of hydrogen-bond acceptors (Lipinski definition) is 4. The van der Waals surface area contributed by atoms with Gasteiger partial charge < -0.3 is 14.8 Å². The smallest absolute Gasteiger partial charge is 0.132 e. The van der Waals surface area contributed by atoms with Gasteiger partial charge in [-0.05, 0) is 18.2 Å². The third kappa shape index (κ3) is 2.99. The predicted molar refractivity (Wildman–Crippen MR) is 83.2 cm³/mol. The average Bonchev–Trinajstić information content (AvgIpc) is 3.08. The number of methoxy groups -OCH3 is 1. The van der Waals surface area contributed by atoms with E-state index in [2.05, 4.69) is 10.3 Å². The van der Waals surface area contributed by atoms with Gasteiger partial charge in [0.05, 0.1) is 19.2 Å². The number of amidine groups is 1. The van der Waals surface area contributed by atoms with Crippen molar-refractivity contribution >= 4 is 5.84 Å². The molecule has 0 amide bonds. The minimum Gasteiger partial charge on any atom is -0.496 e. The van der Waals surface area contributed by atoms with Gasteiger partial charge in [0.25, 0.3) is 0 Å². The lowest BCUT2D eigenvalue weighted by Gasteiger charge is -2.13. The van der Waals surface area contributed by atoms with Crippen LogP contribution in [0.4, 0.5) is 0 Å². The Bertz CT molecular complexity index is 653. The lowest BCUT2D eigenvalue weighted by atomic mass is 10.1. The van der Waals surface area contributed by atoms with E-state index in [1.807, 2.05) is 48.5 Å². The van der Waals surface area contributed by atoms with E-state index < -0.39 is 0 Å². The minimum atomic E-state index is 0.467. The van der Waals surface area contributed by atoms with Gasteiger partial charge in [-0.2, -0.15) is 0 Å². The number of hydrogen-bond donors (Lipinski definition) is 1. The second-order valence-corrected chi connectivity index (χ2v) is 4.75. The van der Waals surface area contributed by atoms with Crippen LogP contribution in [0.25, 0.3) is 0 Å². The Hall–Kier alpha value is -2.49. The zero-order chi connectivity index (χ0) is 14.5. The lowest BCUT2D eigenvalue weighted by molar-refractivity contribution is 0.296. The fraction of sp³-hybridized carbons (Fsp3) is 0.235. The maximum absolute atomic E-state index is 5.98. The molecule has 0 unspecified atom stereocenters. The van der Waals surface area contributed by atoms with Gasteiger partial charge in [-0.3, -0.25) is 4.99 Å². The second kappa shape index (κ2) is 6.31. The summed E-state index contributed by atoms with van der Waals surface area (Å²) in [6.45, 7) is 2.17. The van der Waals surface area contributed by atoms with E-state index in [9.17, 15) is 0 Å². The molecule has 1 aliphatic rings. The molecular weight excluding hydrogens is 264 g/mol. The van der Waals surface area contributed by atoms with Crippen LogP contribution in [0.3, 0.4) is 0 Å². The largest absolute Gasteiger partial charge is 0.496 e. The Morgan fingerprint density at radius 3 is 2.57 bits per heavy atom. The molecule has 4 heteroatoms. The van der Waals surface area contributed by atoms with Gasteiger partial charge in [0.15, 0.2) is 0 Å². The van der Waals surface area contributed by atoms with Crippen LogP contribution in [0.2, 0.25) is 0 Å².